The molecule has 1 fully saturated rings. The second kappa shape index (κ2) is 8.11. The second-order valence-electron chi connectivity index (χ2n) is 3.89. The van der Waals surface area contributed by atoms with E-state index in [1.165, 1.54) is 20.9 Å². The number of amides is 1. The standard InChI is InChI=1S/C12H21NO2Te/c1-3-4-9-16-11(2)10-12(14)13-5-7-15-8-6-13/h10H,3-9H2,1-2H3/b11-10+. The van der Waals surface area contributed by atoms with Gasteiger partial charge in [-0.3, -0.25) is 0 Å². The van der Waals surface area contributed by atoms with E-state index >= 15 is 0 Å². The number of hydrogen-bond donors (Lipinski definition) is 0. The van der Waals surface area contributed by atoms with Crippen LogP contribution in [0.15, 0.2) is 9.70 Å². The van der Waals surface area contributed by atoms with Crippen molar-refractivity contribution in [3.8, 4) is 0 Å². The van der Waals surface area contributed by atoms with Crippen LogP contribution in [-0.4, -0.2) is 58.0 Å². The number of nitrogens with zero attached hydrogens (tertiary/aromatic N) is 1. The molecule has 0 spiro atoms. The van der Waals surface area contributed by atoms with Gasteiger partial charge in [0.15, 0.2) is 0 Å². The third kappa shape index (κ3) is 5.34. The van der Waals surface area contributed by atoms with E-state index in [2.05, 4.69) is 13.8 Å². The van der Waals surface area contributed by atoms with E-state index in [0.29, 0.717) is 13.2 Å². The molecule has 0 saturated carbocycles. The number of hydrogen-bond acceptors (Lipinski definition) is 2. The first kappa shape index (κ1) is 14.0. The molecule has 92 valence electrons. The Labute approximate surface area is 108 Å². The molecule has 16 heavy (non-hydrogen) atoms. The Morgan fingerprint density at radius 2 is 2.12 bits per heavy atom. The van der Waals surface area contributed by atoms with Crippen LogP contribution in [0.25, 0.3) is 0 Å². The van der Waals surface area contributed by atoms with Crippen molar-refractivity contribution in [1.82, 2.24) is 4.90 Å². The first-order valence-electron chi connectivity index (χ1n) is 5.91. The van der Waals surface area contributed by atoms with E-state index in [-0.39, 0.29) is 26.8 Å². The van der Waals surface area contributed by atoms with Gasteiger partial charge in [-0.25, -0.2) is 0 Å². The molecule has 0 aliphatic carbocycles. The molecular weight excluding hydrogens is 318 g/mol. The molecule has 4 heteroatoms. The quantitative estimate of drug-likeness (QED) is 0.433. The van der Waals surface area contributed by atoms with Crippen molar-refractivity contribution < 1.29 is 9.53 Å². The number of rotatable bonds is 5. The van der Waals surface area contributed by atoms with Crippen LogP contribution in [0.5, 0.6) is 0 Å². The summed E-state index contributed by atoms with van der Waals surface area (Å²) in [5, 5.41) is 0. The fraction of sp³-hybridized carbons (Fsp3) is 0.750. The topological polar surface area (TPSA) is 29.5 Å². The van der Waals surface area contributed by atoms with Gasteiger partial charge >= 0.3 is 108 Å². The maximum atomic E-state index is 11.9. The van der Waals surface area contributed by atoms with E-state index in [9.17, 15) is 4.79 Å². The van der Waals surface area contributed by atoms with Gasteiger partial charge < -0.3 is 0 Å². The Bertz CT molecular complexity index is 247. The molecule has 0 unspecified atom stereocenters. The number of morpholine rings is 1. The average Bonchev–Trinajstić information content (AvgIpc) is 2.30. The van der Waals surface area contributed by atoms with E-state index in [0.717, 1.165) is 13.1 Å². The number of carbonyl (C=O) groups excluding carboxylic acids is 1. The van der Waals surface area contributed by atoms with Crippen LogP contribution in [0, 0.1) is 0 Å². The van der Waals surface area contributed by atoms with E-state index < -0.39 is 0 Å². The third-order valence-corrected chi connectivity index (χ3v) is 5.52. The van der Waals surface area contributed by atoms with Crippen molar-refractivity contribution in [2.24, 2.45) is 0 Å². The molecule has 0 aromatic rings. The Kier molecular flexibility index (Phi) is 7.11. The molecule has 0 atom stereocenters. The summed E-state index contributed by atoms with van der Waals surface area (Å²) in [4.78, 5) is 13.7. The summed E-state index contributed by atoms with van der Waals surface area (Å²) in [6, 6.07) is 0. The number of carbonyl (C=O) groups is 1. The molecular formula is C12H21NO2Te. The fourth-order valence-corrected chi connectivity index (χ4v) is 4.15. The van der Waals surface area contributed by atoms with Crippen molar-refractivity contribution in [1.29, 1.82) is 0 Å². The minimum absolute atomic E-state index is 0.0934. The molecule has 1 heterocycles. The monoisotopic (exact) mass is 341 g/mol. The molecule has 0 aromatic carbocycles. The maximum absolute atomic E-state index is 11.9. The zero-order valence-corrected chi connectivity index (χ0v) is 12.5. The van der Waals surface area contributed by atoms with Crippen molar-refractivity contribution in [2.45, 2.75) is 31.2 Å². The second-order valence-corrected chi connectivity index (χ2v) is 7.72. The summed E-state index contributed by atoms with van der Waals surface area (Å²) in [7, 11) is 0. The summed E-state index contributed by atoms with van der Waals surface area (Å²) in [5.74, 6) is 0.183. The van der Waals surface area contributed by atoms with Crippen LogP contribution < -0.4 is 0 Å². The summed E-state index contributed by atoms with van der Waals surface area (Å²) in [5.41, 5.74) is 0. The van der Waals surface area contributed by atoms with Crippen LogP contribution in [-0.2, 0) is 9.53 Å². The minimum atomic E-state index is -0.0934. The number of unbranched alkanes of at least 4 members (excludes halogenated alkanes) is 1. The van der Waals surface area contributed by atoms with Crippen LogP contribution in [0.3, 0.4) is 0 Å². The summed E-state index contributed by atoms with van der Waals surface area (Å²) in [6.45, 7) is 7.19. The molecule has 0 radical (unpaired) electrons. The van der Waals surface area contributed by atoms with Crippen LogP contribution in [0.2, 0.25) is 4.47 Å². The van der Waals surface area contributed by atoms with Gasteiger partial charge in [0.1, 0.15) is 0 Å². The Morgan fingerprint density at radius 1 is 1.44 bits per heavy atom. The van der Waals surface area contributed by atoms with Gasteiger partial charge in [-0.2, -0.15) is 0 Å². The van der Waals surface area contributed by atoms with Gasteiger partial charge in [0.25, 0.3) is 0 Å². The molecule has 1 amide bonds. The normalized spacial score (nSPS) is 17.6. The molecule has 1 rings (SSSR count). The SMILES string of the molecule is CCCC[Te]/C(C)=C/C(=O)N1CCOCC1. The van der Waals surface area contributed by atoms with Gasteiger partial charge in [-0.15, -0.1) is 0 Å². The summed E-state index contributed by atoms with van der Waals surface area (Å²) in [6.07, 6.45) is 4.41. The first-order valence-corrected chi connectivity index (χ1v) is 8.73. The zero-order chi connectivity index (χ0) is 11.8. The van der Waals surface area contributed by atoms with Crippen molar-refractivity contribution in [2.75, 3.05) is 26.3 Å². The van der Waals surface area contributed by atoms with Gasteiger partial charge in [0.05, 0.1) is 0 Å². The van der Waals surface area contributed by atoms with Crippen LogP contribution in [0.4, 0.5) is 0 Å². The Hall–Kier alpha value is -0.0404. The summed E-state index contributed by atoms with van der Waals surface area (Å²) >= 11 is -0.0934. The molecule has 3 nitrogen and oxygen atoms in total. The molecule has 0 aromatic heterocycles. The van der Waals surface area contributed by atoms with Crippen LogP contribution in [0.1, 0.15) is 26.7 Å². The van der Waals surface area contributed by atoms with Crippen molar-refractivity contribution >= 4 is 26.8 Å². The number of ether oxygens (including phenoxy) is 1. The fourth-order valence-electron chi connectivity index (χ4n) is 1.47. The van der Waals surface area contributed by atoms with Gasteiger partial charge in [0.2, 0.25) is 0 Å². The van der Waals surface area contributed by atoms with E-state index in [4.69, 9.17) is 4.74 Å². The van der Waals surface area contributed by atoms with E-state index in [1.807, 2.05) is 11.0 Å². The first-order chi connectivity index (χ1) is 7.74. The van der Waals surface area contributed by atoms with Crippen molar-refractivity contribution in [3.63, 3.8) is 0 Å². The van der Waals surface area contributed by atoms with Gasteiger partial charge in [0, 0.05) is 0 Å². The van der Waals surface area contributed by atoms with E-state index in [1.54, 1.807) is 0 Å². The Balaban J connectivity index is 2.32. The molecule has 1 aliphatic rings. The molecule has 0 bridgehead atoms. The predicted octanol–water partition coefficient (Wildman–Crippen LogP) is 1.67. The Morgan fingerprint density at radius 3 is 2.75 bits per heavy atom. The van der Waals surface area contributed by atoms with Gasteiger partial charge in [-0.1, -0.05) is 0 Å². The van der Waals surface area contributed by atoms with Gasteiger partial charge in [-0.05, 0) is 0 Å². The van der Waals surface area contributed by atoms with Crippen LogP contribution >= 0.6 is 0 Å². The molecule has 0 N–H and O–H groups in total. The summed E-state index contributed by atoms with van der Waals surface area (Å²) < 4.78 is 7.88. The third-order valence-electron chi connectivity index (χ3n) is 2.48. The molecule has 1 saturated heterocycles. The average molecular weight is 339 g/mol. The van der Waals surface area contributed by atoms with Crippen molar-refractivity contribution in [3.05, 3.63) is 9.70 Å². The molecule has 1 aliphatic heterocycles. The predicted molar refractivity (Wildman–Crippen MR) is 66.6 cm³/mol. The number of allylic oxidation sites excluding steroid dienone is 1. The zero-order valence-electron chi connectivity index (χ0n) is 10.2.